The van der Waals surface area contributed by atoms with Gasteiger partial charge in [0.1, 0.15) is 11.9 Å². The first kappa shape index (κ1) is 13.3. The van der Waals surface area contributed by atoms with E-state index in [2.05, 4.69) is 15.6 Å². The van der Waals surface area contributed by atoms with Crippen LogP contribution < -0.4 is 10.6 Å². The van der Waals surface area contributed by atoms with Crippen molar-refractivity contribution < 1.29 is 9.59 Å². The highest BCUT2D eigenvalue weighted by Crippen LogP contribution is 2.12. The van der Waals surface area contributed by atoms with E-state index in [1.807, 2.05) is 0 Å². The summed E-state index contributed by atoms with van der Waals surface area (Å²) in [7, 11) is 3.39. The van der Waals surface area contributed by atoms with Crippen LogP contribution in [-0.2, 0) is 4.79 Å². The van der Waals surface area contributed by atoms with Crippen LogP contribution in [0.15, 0.2) is 18.3 Å². The first-order chi connectivity index (χ1) is 9.08. The highest BCUT2D eigenvalue weighted by Gasteiger charge is 2.21. The van der Waals surface area contributed by atoms with Crippen molar-refractivity contribution in [3.8, 4) is 0 Å². The van der Waals surface area contributed by atoms with Crippen LogP contribution >= 0.6 is 0 Å². The Labute approximate surface area is 112 Å². The van der Waals surface area contributed by atoms with Crippen LogP contribution in [0.25, 0.3) is 0 Å². The van der Waals surface area contributed by atoms with Crippen LogP contribution in [0.4, 0.5) is 5.82 Å². The topological polar surface area (TPSA) is 74.3 Å². The van der Waals surface area contributed by atoms with E-state index < -0.39 is 0 Å². The van der Waals surface area contributed by atoms with Gasteiger partial charge in [-0.3, -0.25) is 9.59 Å². The van der Waals surface area contributed by atoms with E-state index in [1.165, 1.54) is 11.1 Å². The fraction of sp³-hybridized carbons (Fsp3) is 0.462. The molecule has 0 saturated carbocycles. The standard InChI is InChI=1S/C13H18N4O2/c1-17(2)13(19)9-5-6-11(15-8-9)16-10-4-3-7-14-12(10)18/h5-6,8,10H,3-4,7H2,1-2H3,(H,14,18)(H,15,16). The molecular weight excluding hydrogens is 244 g/mol. The van der Waals surface area contributed by atoms with Crippen molar-refractivity contribution in [3.63, 3.8) is 0 Å². The summed E-state index contributed by atoms with van der Waals surface area (Å²) in [4.78, 5) is 29.0. The molecule has 1 aliphatic rings. The number of carbonyl (C=O) groups is 2. The molecule has 2 amide bonds. The number of rotatable bonds is 3. The van der Waals surface area contributed by atoms with Crippen molar-refractivity contribution in [2.45, 2.75) is 18.9 Å². The molecule has 2 heterocycles. The van der Waals surface area contributed by atoms with E-state index in [-0.39, 0.29) is 17.9 Å². The first-order valence-electron chi connectivity index (χ1n) is 6.30. The first-order valence-corrected chi connectivity index (χ1v) is 6.30. The molecule has 2 rings (SSSR count). The maximum Gasteiger partial charge on any atom is 0.254 e. The summed E-state index contributed by atoms with van der Waals surface area (Å²) >= 11 is 0. The SMILES string of the molecule is CN(C)C(=O)c1ccc(NC2CCCNC2=O)nc1. The summed E-state index contributed by atoms with van der Waals surface area (Å²) in [5.41, 5.74) is 0.531. The summed E-state index contributed by atoms with van der Waals surface area (Å²) in [6.07, 6.45) is 3.28. The third-order valence-electron chi connectivity index (χ3n) is 3.02. The van der Waals surface area contributed by atoms with Gasteiger partial charge in [-0.15, -0.1) is 0 Å². The van der Waals surface area contributed by atoms with E-state index in [0.29, 0.717) is 11.4 Å². The van der Waals surface area contributed by atoms with Crippen molar-refractivity contribution in [1.29, 1.82) is 0 Å². The van der Waals surface area contributed by atoms with Gasteiger partial charge in [0, 0.05) is 26.8 Å². The maximum atomic E-state index is 11.7. The predicted molar refractivity (Wildman–Crippen MR) is 71.9 cm³/mol. The quantitative estimate of drug-likeness (QED) is 0.830. The Bertz CT molecular complexity index is 470. The van der Waals surface area contributed by atoms with Crippen molar-refractivity contribution in [2.24, 2.45) is 0 Å². The molecule has 1 unspecified atom stereocenters. The summed E-state index contributed by atoms with van der Waals surface area (Å²) in [6.45, 7) is 0.737. The minimum absolute atomic E-state index is 0.00138. The molecule has 0 aromatic carbocycles. The van der Waals surface area contributed by atoms with Gasteiger partial charge < -0.3 is 15.5 Å². The molecule has 0 radical (unpaired) electrons. The number of amides is 2. The number of nitrogens with one attached hydrogen (secondary N) is 2. The molecule has 0 aliphatic carbocycles. The second-order valence-corrected chi connectivity index (χ2v) is 4.76. The minimum Gasteiger partial charge on any atom is -0.358 e. The second-order valence-electron chi connectivity index (χ2n) is 4.76. The number of pyridine rings is 1. The molecule has 1 atom stereocenters. The van der Waals surface area contributed by atoms with Gasteiger partial charge in [-0.1, -0.05) is 0 Å². The summed E-state index contributed by atoms with van der Waals surface area (Å²) in [5.74, 6) is 0.522. The van der Waals surface area contributed by atoms with E-state index in [9.17, 15) is 9.59 Å². The van der Waals surface area contributed by atoms with Crippen LogP contribution in [0.1, 0.15) is 23.2 Å². The van der Waals surface area contributed by atoms with Crippen LogP contribution in [0.3, 0.4) is 0 Å². The normalized spacial score (nSPS) is 18.6. The fourth-order valence-corrected chi connectivity index (χ4v) is 1.95. The summed E-state index contributed by atoms with van der Waals surface area (Å²) in [5, 5.41) is 5.88. The molecular formula is C13H18N4O2. The van der Waals surface area contributed by atoms with E-state index >= 15 is 0 Å². The molecule has 6 nitrogen and oxygen atoms in total. The van der Waals surface area contributed by atoms with Crippen LogP contribution in [0.2, 0.25) is 0 Å². The molecule has 6 heteroatoms. The zero-order valence-electron chi connectivity index (χ0n) is 11.1. The molecule has 19 heavy (non-hydrogen) atoms. The number of piperidine rings is 1. The second kappa shape index (κ2) is 5.69. The van der Waals surface area contributed by atoms with Crippen molar-refractivity contribution in [2.75, 3.05) is 26.0 Å². The predicted octanol–water partition coefficient (Wildman–Crippen LogP) is 0.474. The molecule has 1 saturated heterocycles. The third-order valence-corrected chi connectivity index (χ3v) is 3.02. The largest absolute Gasteiger partial charge is 0.358 e. The van der Waals surface area contributed by atoms with Crippen molar-refractivity contribution in [3.05, 3.63) is 23.9 Å². The van der Waals surface area contributed by atoms with E-state index in [1.54, 1.807) is 26.2 Å². The van der Waals surface area contributed by atoms with E-state index in [0.717, 1.165) is 19.4 Å². The van der Waals surface area contributed by atoms with E-state index in [4.69, 9.17) is 0 Å². The van der Waals surface area contributed by atoms with Crippen LogP contribution in [0, 0.1) is 0 Å². The Kier molecular flexibility index (Phi) is 3.99. The molecule has 0 spiro atoms. The lowest BCUT2D eigenvalue weighted by Crippen LogP contribution is -2.44. The molecule has 1 aliphatic heterocycles. The van der Waals surface area contributed by atoms with Crippen molar-refractivity contribution in [1.82, 2.24) is 15.2 Å². The number of hydrogen-bond donors (Lipinski definition) is 2. The summed E-state index contributed by atoms with van der Waals surface area (Å²) in [6, 6.07) is 3.19. The average Bonchev–Trinajstić information content (AvgIpc) is 2.41. The number of hydrogen-bond acceptors (Lipinski definition) is 4. The lowest BCUT2D eigenvalue weighted by Gasteiger charge is -2.23. The fourth-order valence-electron chi connectivity index (χ4n) is 1.95. The Morgan fingerprint density at radius 1 is 1.47 bits per heavy atom. The molecule has 102 valence electrons. The Hall–Kier alpha value is -2.11. The zero-order valence-corrected chi connectivity index (χ0v) is 11.1. The third kappa shape index (κ3) is 3.21. The monoisotopic (exact) mass is 262 g/mol. The Morgan fingerprint density at radius 2 is 2.26 bits per heavy atom. The van der Waals surface area contributed by atoms with Gasteiger partial charge in [0.15, 0.2) is 0 Å². The molecule has 1 aromatic rings. The van der Waals surface area contributed by atoms with Gasteiger partial charge in [0.2, 0.25) is 5.91 Å². The zero-order chi connectivity index (χ0) is 13.8. The molecule has 2 N–H and O–H groups in total. The summed E-state index contributed by atoms with van der Waals surface area (Å²) < 4.78 is 0. The van der Waals surface area contributed by atoms with Crippen LogP contribution in [0.5, 0.6) is 0 Å². The minimum atomic E-state index is -0.239. The van der Waals surface area contributed by atoms with Crippen LogP contribution in [-0.4, -0.2) is 48.4 Å². The average molecular weight is 262 g/mol. The van der Waals surface area contributed by atoms with Crippen molar-refractivity contribution >= 4 is 17.6 Å². The number of anilines is 1. The lowest BCUT2D eigenvalue weighted by atomic mass is 10.1. The molecule has 1 fully saturated rings. The van der Waals surface area contributed by atoms with Gasteiger partial charge in [-0.05, 0) is 25.0 Å². The highest BCUT2D eigenvalue weighted by molar-refractivity contribution is 5.93. The number of carbonyl (C=O) groups excluding carboxylic acids is 2. The van der Waals surface area contributed by atoms with Gasteiger partial charge in [0.25, 0.3) is 5.91 Å². The van der Waals surface area contributed by atoms with Gasteiger partial charge >= 0.3 is 0 Å². The number of aromatic nitrogens is 1. The van der Waals surface area contributed by atoms with Gasteiger partial charge in [0.05, 0.1) is 5.56 Å². The Balaban J connectivity index is 2.02. The Morgan fingerprint density at radius 3 is 2.84 bits per heavy atom. The smallest absolute Gasteiger partial charge is 0.254 e. The molecule has 1 aromatic heterocycles. The highest BCUT2D eigenvalue weighted by atomic mass is 16.2. The lowest BCUT2D eigenvalue weighted by molar-refractivity contribution is -0.123. The maximum absolute atomic E-state index is 11.7. The van der Waals surface area contributed by atoms with Gasteiger partial charge in [-0.2, -0.15) is 0 Å². The molecule has 0 bridgehead atoms. The number of nitrogens with zero attached hydrogens (tertiary/aromatic N) is 2. The van der Waals surface area contributed by atoms with Gasteiger partial charge in [-0.25, -0.2) is 4.98 Å².